The van der Waals surface area contributed by atoms with Crippen molar-refractivity contribution in [1.82, 2.24) is 21.3 Å². The lowest BCUT2D eigenvalue weighted by atomic mass is 10.2. The highest BCUT2D eigenvalue weighted by atomic mass is 33.1. The second-order valence-corrected chi connectivity index (χ2v) is 13.4. The average molecular weight is 611 g/mol. The zero-order chi connectivity index (χ0) is 31.1. The normalized spacial score (nSPS) is 13.5. The first-order valence-electron chi connectivity index (χ1n) is 12.3. The van der Waals surface area contributed by atoms with E-state index in [2.05, 4.69) is 21.3 Å². The number of carbonyl (C=O) groups is 6. The summed E-state index contributed by atoms with van der Waals surface area (Å²) < 4.78 is 20.8. The fraction of sp³-hybridized carbons (Fsp3) is 0.750. The molecule has 0 aromatic rings. The number of hydrogen-bond acceptors (Lipinski definition) is 12. The third-order valence-corrected chi connectivity index (χ3v) is 6.92. The van der Waals surface area contributed by atoms with Crippen molar-refractivity contribution in [3.05, 3.63) is 0 Å². The minimum absolute atomic E-state index is 0.0423. The molecule has 40 heavy (non-hydrogen) atoms. The molecule has 2 atom stereocenters. The Hall–Kier alpha value is -2.88. The Kier molecular flexibility index (Phi) is 15.8. The number of alkyl carbamates (subject to hydrolysis) is 2. The molecule has 0 rings (SSSR count). The second kappa shape index (κ2) is 17.0. The van der Waals surface area contributed by atoms with E-state index in [9.17, 15) is 28.8 Å². The van der Waals surface area contributed by atoms with E-state index < -0.39 is 58.2 Å². The van der Waals surface area contributed by atoms with Gasteiger partial charge in [-0.1, -0.05) is 10.8 Å². The molecular weight excluding hydrogens is 568 g/mol. The Balaban J connectivity index is 4.83. The number of hydrogen-bond donors (Lipinski definition) is 4. The molecule has 0 spiro atoms. The van der Waals surface area contributed by atoms with E-state index in [0.29, 0.717) is 0 Å². The fourth-order valence-electron chi connectivity index (χ4n) is 2.54. The van der Waals surface area contributed by atoms with E-state index in [0.717, 1.165) is 10.8 Å². The molecule has 4 N–H and O–H groups in total. The molecule has 0 aromatic carbocycles. The van der Waals surface area contributed by atoms with Gasteiger partial charge in [-0.2, -0.15) is 0 Å². The summed E-state index contributed by atoms with van der Waals surface area (Å²) in [6.45, 7) is 13.3. The Labute approximate surface area is 242 Å². The van der Waals surface area contributed by atoms with Gasteiger partial charge >= 0.3 is 24.1 Å². The van der Waals surface area contributed by atoms with Crippen molar-refractivity contribution < 1.29 is 47.7 Å². The number of carbonyl (C=O) groups excluding carboxylic acids is 6. The Morgan fingerprint density at radius 3 is 1.57 bits per heavy atom. The maximum atomic E-state index is 12.2. The fourth-order valence-corrected chi connectivity index (χ4v) is 5.16. The third-order valence-electron chi connectivity index (χ3n) is 3.90. The van der Waals surface area contributed by atoms with Crippen LogP contribution in [0.15, 0.2) is 0 Å². The molecule has 0 fully saturated rings. The average Bonchev–Trinajstić information content (AvgIpc) is 2.75. The Morgan fingerprint density at radius 1 is 0.675 bits per heavy atom. The summed E-state index contributed by atoms with van der Waals surface area (Å²) in [6, 6.07) is 0. The molecule has 0 aliphatic carbocycles. The van der Waals surface area contributed by atoms with Gasteiger partial charge < -0.3 is 40.2 Å². The van der Waals surface area contributed by atoms with E-state index >= 15 is 0 Å². The van der Waals surface area contributed by atoms with Crippen molar-refractivity contribution in [1.29, 1.82) is 0 Å². The van der Waals surface area contributed by atoms with Crippen molar-refractivity contribution >= 4 is 57.5 Å². The van der Waals surface area contributed by atoms with Crippen molar-refractivity contribution in [2.45, 2.75) is 84.6 Å². The highest BCUT2D eigenvalue weighted by molar-refractivity contribution is 8.77. The SMILES string of the molecule is CC(=O)OC(CNC(=O)CNC(=O)OC(C)(C)C)CSSC(C)(CNC(=O)CNC(=O)OC(C)(C)C)OC(C)=O. The van der Waals surface area contributed by atoms with Crippen molar-refractivity contribution in [3.63, 3.8) is 0 Å². The molecule has 0 aliphatic heterocycles. The van der Waals surface area contributed by atoms with Gasteiger partial charge in [0.05, 0.1) is 26.2 Å². The lowest BCUT2D eigenvalue weighted by Gasteiger charge is -2.28. The highest BCUT2D eigenvalue weighted by Gasteiger charge is 2.31. The monoisotopic (exact) mass is 610 g/mol. The molecular formula is C24H42N4O10S2. The van der Waals surface area contributed by atoms with Gasteiger partial charge in [0.2, 0.25) is 11.8 Å². The third kappa shape index (κ3) is 21.0. The van der Waals surface area contributed by atoms with Gasteiger partial charge in [0, 0.05) is 19.6 Å². The van der Waals surface area contributed by atoms with E-state index in [4.69, 9.17) is 18.9 Å². The van der Waals surface area contributed by atoms with Crippen molar-refractivity contribution in [2.24, 2.45) is 0 Å². The van der Waals surface area contributed by atoms with Gasteiger partial charge in [-0.05, 0) is 59.3 Å². The van der Waals surface area contributed by atoms with Gasteiger partial charge in [-0.3, -0.25) is 19.2 Å². The van der Waals surface area contributed by atoms with Crippen LogP contribution in [0.4, 0.5) is 9.59 Å². The molecule has 4 amide bonds. The zero-order valence-corrected chi connectivity index (χ0v) is 26.1. The van der Waals surface area contributed by atoms with E-state index in [1.54, 1.807) is 48.5 Å². The summed E-state index contributed by atoms with van der Waals surface area (Å²) >= 11 is 0. The van der Waals surface area contributed by atoms with Crippen LogP contribution in [0, 0.1) is 0 Å². The van der Waals surface area contributed by atoms with Crippen molar-refractivity contribution in [3.8, 4) is 0 Å². The van der Waals surface area contributed by atoms with Gasteiger partial charge in [0.1, 0.15) is 17.3 Å². The highest BCUT2D eigenvalue weighted by Crippen LogP contribution is 2.37. The van der Waals surface area contributed by atoms with Gasteiger partial charge in [0.25, 0.3) is 0 Å². The Bertz CT molecular complexity index is 905. The van der Waals surface area contributed by atoms with Crippen LogP contribution in [0.3, 0.4) is 0 Å². The smallest absolute Gasteiger partial charge is 0.408 e. The number of amides is 4. The lowest BCUT2D eigenvalue weighted by Crippen LogP contribution is -2.45. The first-order chi connectivity index (χ1) is 18.2. The van der Waals surface area contributed by atoms with Crippen molar-refractivity contribution in [2.75, 3.05) is 31.9 Å². The van der Waals surface area contributed by atoms with Crippen LogP contribution < -0.4 is 21.3 Å². The lowest BCUT2D eigenvalue weighted by molar-refractivity contribution is -0.148. The van der Waals surface area contributed by atoms with E-state index in [1.807, 2.05) is 0 Å². The second-order valence-electron chi connectivity index (χ2n) is 10.6. The van der Waals surface area contributed by atoms with Crippen LogP contribution in [0.25, 0.3) is 0 Å². The summed E-state index contributed by atoms with van der Waals surface area (Å²) in [4.78, 5) is 69.7. The number of esters is 2. The molecule has 0 aliphatic rings. The standard InChI is InChI=1S/C24H42N4O10S2/c1-15(29)35-17(10-25-18(31)11-26-20(33)37-22(3,4)5)13-39-40-24(9,36-16(2)30)14-28-19(32)12-27-21(34)38-23(6,7)8/h17H,10-14H2,1-9H3,(H,25,31)(H,26,33)(H,27,34)(H,28,32). The van der Waals surface area contributed by atoms with Crippen LogP contribution in [0.5, 0.6) is 0 Å². The minimum Gasteiger partial charge on any atom is -0.460 e. The van der Waals surface area contributed by atoms with E-state index in [1.165, 1.54) is 24.6 Å². The minimum atomic E-state index is -1.21. The molecule has 0 saturated carbocycles. The molecule has 14 nitrogen and oxygen atoms in total. The molecule has 0 aromatic heterocycles. The predicted molar refractivity (Wildman–Crippen MR) is 150 cm³/mol. The topological polar surface area (TPSA) is 187 Å². The molecule has 0 bridgehead atoms. The summed E-state index contributed by atoms with van der Waals surface area (Å²) in [7, 11) is 2.29. The quantitative estimate of drug-likeness (QED) is 0.0969. The predicted octanol–water partition coefficient (Wildman–Crippen LogP) is 1.86. The summed E-state index contributed by atoms with van der Waals surface area (Å²) in [6.07, 6.45) is -2.24. The van der Waals surface area contributed by atoms with Crippen LogP contribution >= 0.6 is 21.6 Å². The molecule has 16 heteroatoms. The molecule has 0 saturated heterocycles. The Morgan fingerprint density at radius 2 is 1.15 bits per heavy atom. The maximum Gasteiger partial charge on any atom is 0.408 e. The van der Waals surface area contributed by atoms with Gasteiger partial charge in [-0.25, -0.2) is 9.59 Å². The molecule has 2 unspecified atom stereocenters. The molecule has 0 radical (unpaired) electrons. The van der Waals surface area contributed by atoms with Gasteiger partial charge in [0.15, 0.2) is 4.93 Å². The van der Waals surface area contributed by atoms with Crippen LogP contribution in [0.1, 0.15) is 62.3 Å². The number of rotatable bonds is 14. The summed E-state index contributed by atoms with van der Waals surface area (Å²) in [5, 5.41) is 9.82. The molecule has 230 valence electrons. The molecule has 0 heterocycles. The van der Waals surface area contributed by atoms with Crippen LogP contribution in [-0.4, -0.2) is 90.1 Å². The summed E-state index contributed by atoms with van der Waals surface area (Å²) in [5.41, 5.74) is -1.43. The first kappa shape index (κ1) is 37.1. The largest absolute Gasteiger partial charge is 0.460 e. The first-order valence-corrected chi connectivity index (χ1v) is 14.7. The van der Waals surface area contributed by atoms with Gasteiger partial charge in [-0.15, -0.1) is 0 Å². The number of ether oxygens (including phenoxy) is 4. The zero-order valence-electron chi connectivity index (χ0n) is 24.5. The van der Waals surface area contributed by atoms with Crippen LogP contribution in [0.2, 0.25) is 0 Å². The van der Waals surface area contributed by atoms with E-state index in [-0.39, 0.29) is 31.9 Å². The number of nitrogens with one attached hydrogen (secondary N) is 4. The summed E-state index contributed by atoms with van der Waals surface area (Å²) in [5.74, 6) is -2.01. The maximum absolute atomic E-state index is 12.2. The van der Waals surface area contributed by atoms with Crippen LogP contribution in [-0.2, 0) is 38.1 Å².